The van der Waals surface area contributed by atoms with Gasteiger partial charge in [-0.25, -0.2) is 0 Å². The first-order chi connectivity index (χ1) is 10.6. The van der Waals surface area contributed by atoms with Crippen molar-refractivity contribution in [1.29, 1.82) is 0 Å². The summed E-state index contributed by atoms with van der Waals surface area (Å²) in [7, 11) is 0. The highest BCUT2D eigenvalue weighted by molar-refractivity contribution is 5.99. The van der Waals surface area contributed by atoms with Crippen molar-refractivity contribution >= 4 is 5.78 Å². The molecule has 0 spiro atoms. The lowest BCUT2D eigenvalue weighted by molar-refractivity contribution is -0.264. The third-order valence-electron chi connectivity index (χ3n) is 3.59. The van der Waals surface area contributed by atoms with Crippen LogP contribution in [0.2, 0.25) is 0 Å². The van der Waals surface area contributed by atoms with Gasteiger partial charge in [-0.05, 0) is 24.6 Å². The van der Waals surface area contributed by atoms with Crippen molar-refractivity contribution in [2.75, 3.05) is 0 Å². The van der Waals surface area contributed by atoms with Crippen molar-refractivity contribution in [2.45, 2.75) is 25.1 Å². The van der Waals surface area contributed by atoms with Crippen molar-refractivity contribution in [1.82, 2.24) is 0 Å². The minimum Gasteiger partial charge on any atom is -0.507 e. The van der Waals surface area contributed by atoms with Gasteiger partial charge < -0.3 is 10.2 Å². The van der Waals surface area contributed by atoms with Crippen LogP contribution < -0.4 is 0 Å². The molecule has 2 aromatic carbocycles. The van der Waals surface area contributed by atoms with Gasteiger partial charge >= 0.3 is 6.18 Å². The molecule has 0 saturated heterocycles. The molecule has 2 N–H and O–H groups in total. The van der Waals surface area contributed by atoms with Crippen LogP contribution in [0.4, 0.5) is 13.2 Å². The number of benzene rings is 2. The minimum absolute atomic E-state index is 0.247. The van der Waals surface area contributed by atoms with Gasteiger partial charge in [0.1, 0.15) is 5.75 Å². The molecule has 0 aromatic heterocycles. The molecule has 0 fully saturated rings. The van der Waals surface area contributed by atoms with E-state index in [1.54, 1.807) is 6.92 Å². The van der Waals surface area contributed by atoms with E-state index in [0.29, 0.717) is 5.56 Å². The maximum absolute atomic E-state index is 13.4. The third-order valence-corrected chi connectivity index (χ3v) is 3.59. The van der Waals surface area contributed by atoms with Crippen molar-refractivity contribution in [3.63, 3.8) is 0 Å². The summed E-state index contributed by atoms with van der Waals surface area (Å²) in [4.78, 5) is 12.2. The number of aryl methyl sites for hydroxylation is 1. The van der Waals surface area contributed by atoms with Crippen LogP contribution in [0.25, 0.3) is 0 Å². The molecule has 0 amide bonds. The molecule has 2 rings (SSSR count). The number of aromatic hydroxyl groups is 1. The first-order valence-corrected chi connectivity index (χ1v) is 6.82. The molecule has 0 aliphatic heterocycles. The standard InChI is InChI=1S/C17H15F3O3/c1-11-7-8-14(21)13(9-11)15(22)10-16(23,17(18,19)20)12-5-3-2-4-6-12/h2-9,21,23H,10H2,1H3/t16-/m0/s1. The van der Waals surface area contributed by atoms with Gasteiger partial charge in [0.15, 0.2) is 11.4 Å². The number of aliphatic hydroxyl groups is 1. The van der Waals surface area contributed by atoms with E-state index in [0.717, 1.165) is 12.1 Å². The zero-order valence-electron chi connectivity index (χ0n) is 12.3. The molecule has 6 heteroatoms. The number of alkyl halides is 3. The zero-order chi connectivity index (χ0) is 17.3. The van der Waals surface area contributed by atoms with Crippen LogP contribution in [0.1, 0.15) is 27.9 Å². The molecule has 3 nitrogen and oxygen atoms in total. The van der Waals surface area contributed by atoms with Crippen LogP contribution in [0.3, 0.4) is 0 Å². The molecule has 2 aromatic rings. The number of ketones is 1. The van der Waals surface area contributed by atoms with E-state index >= 15 is 0 Å². The quantitative estimate of drug-likeness (QED) is 0.843. The highest BCUT2D eigenvalue weighted by Crippen LogP contribution is 2.42. The number of hydrogen-bond donors (Lipinski definition) is 2. The van der Waals surface area contributed by atoms with E-state index in [1.165, 1.54) is 36.4 Å². The van der Waals surface area contributed by atoms with Crippen LogP contribution in [-0.2, 0) is 5.60 Å². The summed E-state index contributed by atoms with van der Waals surface area (Å²) in [6.07, 6.45) is -6.25. The van der Waals surface area contributed by atoms with Gasteiger partial charge in [-0.15, -0.1) is 0 Å². The number of Topliss-reactive ketones (excluding diaryl/α,β-unsaturated/α-hetero) is 1. The molecule has 0 heterocycles. The maximum atomic E-state index is 13.4. The predicted molar refractivity (Wildman–Crippen MR) is 78.2 cm³/mol. The lowest BCUT2D eigenvalue weighted by Crippen LogP contribution is -2.44. The van der Waals surface area contributed by atoms with Crippen LogP contribution in [0, 0.1) is 6.92 Å². The first-order valence-electron chi connectivity index (χ1n) is 6.82. The largest absolute Gasteiger partial charge is 0.507 e. The Morgan fingerprint density at radius 1 is 1.09 bits per heavy atom. The molecule has 122 valence electrons. The second kappa shape index (κ2) is 6.04. The van der Waals surface area contributed by atoms with Crippen molar-refractivity contribution in [3.05, 3.63) is 65.2 Å². The average molecular weight is 324 g/mol. The third kappa shape index (κ3) is 3.37. The second-order valence-electron chi connectivity index (χ2n) is 5.34. The highest BCUT2D eigenvalue weighted by atomic mass is 19.4. The van der Waals surface area contributed by atoms with E-state index < -0.39 is 35.3 Å². The minimum atomic E-state index is -5.04. The fourth-order valence-electron chi connectivity index (χ4n) is 2.28. The summed E-state index contributed by atoms with van der Waals surface area (Å²) in [5.41, 5.74) is -3.38. The summed E-state index contributed by atoms with van der Waals surface area (Å²) in [6.45, 7) is 1.64. The number of rotatable bonds is 4. The Labute approximate surface area is 131 Å². The van der Waals surface area contributed by atoms with E-state index in [2.05, 4.69) is 0 Å². The number of carbonyl (C=O) groups excluding carboxylic acids is 1. The van der Waals surface area contributed by atoms with Crippen molar-refractivity contribution < 1.29 is 28.2 Å². The Hall–Kier alpha value is -2.34. The Morgan fingerprint density at radius 3 is 2.26 bits per heavy atom. The molecule has 0 bridgehead atoms. The Kier molecular flexibility index (Phi) is 4.47. The fourth-order valence-corrected chi connectivity index (χ4v) is 2.28. The van der Waals surface area contributed by atoms with Gasteiger partial charge in [-0.3, -0.25) is 4.79 Å². The summed E-state index contributed by atoms with van der Waals surface area (Å²) in [5, 5.41) is 19.9. The molecular formula is C17H15F3O3. The van der Waals surface area contributed by atoms with Gasteiger partial charge in [0.25, 0.3) is 0 Å². The van der Waals surface area contributed by atoms with E-state index in [-0.39, 0.29) is 5.56 Å². The number of phenolic OH excluding ortho intramolecular Hbond substituents is 1. The SMILES string of the molecule is Cc1ccc(O)c(C(=O)C[C@](O)(c2ccccc2)C(F)(F)F)c1. The number of phenols is 1. The second-order valence-corrected chi connectivity index (χ2v) is 5.34. The first kappa shape index (κ1) is 17.0. The van der Waals surface area contributed by atoms with Crippen LogP contribution in [0.5, 0.6) is 5.75 Å². The molecule has 0 saturated carbocycles. The molecule has 0 unspecified atom stereocenters. The normalized spacial score (nSPS) is 14.3. The molecule has 0 aliphatic rings. The molecule has 0 radical (unpaired) electrons. The van der Waals surface area contributed by atoms with E-state index in [1.807, 2.05) is 0 Å². The van der Waals surface area contributed by atoms with Crippen molar-refractivity contribution in [2.24, 2.45) is 0 Å². The average Bonchev–Trinajstić information content (AvgIpc) is 2.49. The van der Waals surface area contributed by atoms with Crippen LogP contribution in [0.15, 0.2) is 48.5 Å². The van der Waals surface area contributed by atoms with E-state index in [9.17, 15) is 28.2 Å². The zero-order valence-corrected chi connectivity index (χ0v) is 12.3. The molecule has 0 aliphatic carbocycles. The molecular weight excluding hydrogens is 309 g/mol. The topological polar surface area (TPSA) is 57.5 Å². The van der Waals surface area contributed by atoms with Gasteiger partial charge in [0.2, 0.25) is 0 Å². The van der Waals surface area contributed by atoms with Gasteiger partial charge in [0, 0.05) is 0 Å². The lowest BCUT2D eigenvalue weighted by Gasteiger charge is -2.30. The number of halogens is 3. The number of carbonyl (C=O) groups is 1. The van der Waals surface area contributed by atoms with Crippen molar-refractivity contribution in [3.8, 4) is 5.75 Å². The van der Waals surface area contributed by atoms with Crippen LogP contribution >= 0.6 is 0 Å². The number of hydrogen-bond acceptors (Lipinski definition) is 3. The van der Waals surface area contributed by atoms with Gasteiger partial charge in [-0.2, -0.15) is 13.2 Å². The van der Waals surface area contributed by atoms with Crippen LogP contribution in [-0.4, -0.2) is 22.2 Å². The Morgan fingerprint density at radius 2 is 1.70 bits per heavy atom. The Balaban J connectivity index is 2.43. The molecule has 1 atom stereocenters. The summed E-state index contributed by atoms with van der Waals surface area (Å²) in [6, 6.07) is 10.5. The summed E-state index contributed by atoms with van der Waals surface area (Å²) < 4.78 is 40.1. The smallest absolute Gasteiger partial charge is 0.421 e. The maximum Gasteiger partial charge on any atom is 0.421 e. The lowest BCUT2D eigenvalue weighted by atomic mass is 9.86. The highest BCUT2D eigenvalue weighted by Gasteiger charge is 2.56. The monoisotopic (exact) mass is 324 g/mol. The van der Waals surface area contributed by atoms with Gasteiger partial charge in [0.05, 0.1) is 12.0 Å². The fraction of sp³-hybridized carbons (Fsp3) is 0.235. The summed E-state index contributed by atoms with van der Waals surface area (Å²) >= 11 is 0. The van der Waals surface area contributed by atoms with E-state index in [4.69, 9.17) is 0 Å². The molecule has 23 heavy (non-hydrogen) atoms. The summed E-state index contributed by atoms with van der Waals surface area (Å²) in [5.74, 6) is -1.41. The predicted octanol–water partition coefficient (Wildman–Crippen LogP) is 3.72. The van der Waals surface area contributed by atoms with Gasteiger partial charge in [-0.1, -0.05) is 42.0 Å². The Bertz CT molecular complexity index is 711.